The van der Waals surface area contributed by atoms with Crippen molar-refractivity contribution in [2.45, 2.75) is 58.5 Å². The molecule has 0 bridgehead atoms. The highest BCUT2D eigenvalue weighted by Gasteiger charge is 2.36. The lowest BCUT2D eigenvalue weighted by Crippen LogP contribution is -2.44. The van der Waals surface area contributed by atoms with Crippen LogP contribution in [0.4, 0.5) is 0 Å². The van der Waals surface area contributed by atoms with Gasteiger partial charge in [0.25, 0.3) is 0 Å². The minimum absolute atomic E-state index is 0.170. The van der Waals surface area contributed by atoms with Gasteiger partial charge in [-0.1, -0.05) is 26.0 Å². The van der Waals surface area contributed by atoms with E-state index in [1.165, 1.54) is 19.3 Å². The van der Waals surface area contributed by atoms with Crippen LogP contribution in [0.3, 0.4) is 0 Å². The van der Waals surface area contributed by atoms with Crippen LogP contribution in [-0.2, 0) is 11.3 Å². The van der Waals surface area contributed by atoms with Crippen molar-refractivity contribution in [1.82, 2.24) is 10.2 Å². The molecule has 4 heteroatoms. The highest BCUT2D eigenvalue weighted by molar-refractivity contribution is 5.78. The van der Waals surface area contributed by atoms with E-state index in [0.717, 1.165) is 43.3 Å². The summed E-state index contributed by atoms with van der Waals surface area (Å²) in [6.07, 6.45) is 5.94. The number of carbonyl (C=O) groups excluding carboxylic acids is 1. The molecule has 1 saturated heterocycles. The van der Waals surface area contributed by atoms with Crippen molar-refractivity contribution in [3.8, 4) is 5.75 Å². The molecular weight excluding hydrogens is 312 g/mol. The molecule has 2 fully saturated rings. The lowest BCUT2D eigenvalue weighted by atomic mass is 9.90. The lowest BCUT2D eigenvalue weighted by molar-refractivity contribution is -0.126. The summed E-state index contributed by atoms with van der Waals surface area (Å²) in [7, 11) is 1.66. The van der Waals surface area contributed by atoms with Gasteiger partial charge in [0.1, 0.15) is 5.75 Å². The van der Waals surface area contributed by atoms with Crippen LogP contribution >= 0.6 is 0 Å². The third-order valence-electron chi connectivity index (χ3n) is 5.99. The Hall–Kier alpha value is -1.55. The number of nitrogens with one attached hydrogen (secondary N) is 1. The molecule has 1 unspecified atom stereocenters. The number of hydrogen-bond donors (Lipinski definition) is 1. The molecule has 4 nitrogen and oxygen atoms in total. The molecule has 138 valence electrons. The SMILES string of the molecule is COc1ccc(CNC(=O)C2CCN(C3CCC(C)(C)C3)CC2)cc1. The Morgan fingerprint density at radius 2 is 1.88 bits per heavy atom. The Bertz CT molecular complexity index is 574. The topological polar surface area (TPSA) is 41.6 Å². The Kier molecular flexibility index (Phi) is 5.67. The summed E-state index contributed by atoms with van der Waals surface area (Å²) in [5, 5.41) is 3.11. The molecule has 1 atom stereocenters. The van der Waals surface area contributed by atoms with Crippen molar-refractivity contribution in [2.75, 3.05) is 20.2 Å². The molecule has 0 radical (unpaired) electrons. The Balaban J connectivity index is 1.42. The van der Waals surface area contributed by atoms with Gasteiger partial charge in [-0.05, 0) is 68.3 Å². The zero-order valence-electron chi connectivity index (χ0n) is 15.9. The van der Waals surface area contributed by atoms with Gasteiger partial charge in [0.05, 0.1) is 7.11 Å². The van der Waals surface area contributed by atoms with Crippen LogP contribution in [0.1, 0.15) is 51.5 Å². The van der Waals surface area contributed by atoms with Crippen molar-refractivity contribution in [2.24, 2.45) is 11.3 Å². The number of rotatable bonds is 5. The van der Waals surface area contributed by atoms with Crippen molar-refractivity contribution < 1.29 is 9.53 Å². The second-order valence-electron chi connectivity index (χ2n) is 8.44. The molecule has 1 saturated carbocycles. The summed E-state index contributed by atoms with van der Waals surface area (Å²) in [4.78, 5) is 15.1. The summed E-state index contributed by atoms with van der Waals surface area (Å²) in [5.74, 6) is 1.23. The smallest absolute Gasteiger partial charge is 0.223 e. The van der Waals surface area contributed by atoms with Crippen LogP contribution in [0.5, 0.6) is 5.75 Å². The van der Waals surface area contributed by atoms with E-state index in [1.807, 2.05) is 24.3 Å². The van der Waals surface area contributed by atoms with Crippen molar-refractivity contribution in [1.29, 1.82) is 0 Å². The van der Waals surface area contributed by atoms with Crippen molar-refractivity contribution in [3.63, 3.8) is 0 Å². The van der Waals surface area contributed by atoms with Gasteiger partial charge < -0.3 is 15.0 Å². The van der Waals surface area contributed by atoms with Crippen LogP contribution in [0.25, 0.3) is 0 Å². The fraction of sp³-hybridized carbons (Fsp3) is 0.667. The lowest BCUT2D eigenvalue weighted by Gasteiger charge is -2.36. The maximum Gasteiger partial charge on any atom is 0.223 e. The van der Waals surface area contributed by atoms with Gasteiger partial charge in [-0.25, -0.2) is 0 Å². The predicted octanol–water partition coefficient (Wildman–Crippen LogP) is 3.60. The largest absolute Gasteiger partial charge is 0.497 e. The number of nitrogens with zero attached hydrogens (tertiary/aromatic N) is 1. The van der Waals surface area contributed by atoms with Crippen LogP contribution < -0.4 is 10.1 Å². The third kappa shape index (κ3) is 4.75. The first-order valence-corrected chi connectivity index (χ1v) is 9.61. The van der Waals surface area contributed by atoms with Crippen molar-refractivity contribution >= 4 is 5.91 Å². The molecule has 2 aliphatic rings. The zero-order chi connectivity index (χ0) is 17.9. The Labute approximate surface area is 151 Å². The van der Waals surface area contributed by atoms with Gasteiger partial charge in [0, 0.05) is 18.5 Å². The minimum atomic E-state index is 0.170. The van der Waals surface area contributed by atoms with Gasteiger partial charge in [0.2, 0.25) is 5.91 Å². The monoisotopic (exact) mass is 344 g/mol. The highest BCUT2D eigenvalue weighted by Crippen LogP contribution is 2.40. The van der Waals surface area contributed by atoms with Crippen LogP contribution in [0.2, 0.25) is 0 Å². The number of methoxy groups -OCH3 is 1. The molecule has 1 amide bonds. The minimum Gasteiger partial charge on any atom is -0.497 e. The van der Waals surface area contributed by atoms with Gasteiger partial charge in [0.15, 0.2) is 0 Å². The molecular formula is C21H32N2O2. The van der Waals surface area contributed by atoms with Gasteiger partial charge in [-0.15, -0.1) is 0 Å². The number of likely N-dealkylation sites (tertiary alicyclic amines) is 1. The molecule has 0 aromatic heterocycles. The molecule has 1 aliphatic heterocycles. The number of piperidine rings is 1. The average Bonchev–Trinajstić information content (AvgIpc) is 3.00. The van der Waals surface area contributed by atoms with Gasteiger partial charge >= 0.3 is 0 Å². The van der Waals surface area contributed by atoms with E-state index in [0.29, 0.717) is 12.0 Å². The molecule has 1 heterocycles. The second-order valence-corrected chi connectivity index (χ2v) is 8.44. The number of amides is 1. The van der Waals surface area contributed by atoms with E-state index >= 15 is 0 Å². The van der Waals surface area contributed by atoms with E-state index in [-0.39, 0.29) is 11.8 Å². The van der Waals surface area contributed by atoms with E-state index < -0.39 is 0 Å². The van der Waals surface area contributed by atoms with E-state index in [2.05, 4.69) is 24.1 Å². The normalized spacial score (nSPS) is 24.2. The molecule has 1 aromatic carbocycles. The fourth-order valence-electron chi connectivity index (χ4n) is 4.31. The maximum absolute atomic E-state index is 12.5. The Morgan fingerprint density at radius 3 is 2.44 bits per heavy atom. The third-order valence-corrected chi connectivity index (χ3v) is 5.99. The summed E-state index contributed by atoms with van der Waals surface area (Å²) in [5.41, 5.74) is 1.61. The first kappa shape index (κ1) is 18.2. The van der Waals surface area contributed by atoms with Crippen molar-refractivity contribution in [3.05, 3.63) is 29.8 Å². The van der Waals surface area contributed by atoms with Crippen LogP contribution in [0.15, 0.2) is 24.3 Å². The van der Waals surface area contributed by atoms with Crippen LogP contribution in [0, 0.1) is 11.3 Å². The Morgan fingerprint density at radius 1 is 1.20 bits per heavy atom. The zero-order valence-corrected chi connectivity index (χ0v) is 15.9. The van der Waals surface area contributed by atoms with E-state index in [1.54, 1.807) is 7.11 Å². The number of hydrogen-bond acceptors (Lipinski definition) is 3. The summed E-state index contributed by atoms with van der Waals surface area (Å²) in [6, 6.07) is 8.61. The van der Waals surface area contributed by atoms with E-state index in [9.17, 15) is 4.79 Å². The first-order chi connectivity index (χ1) is 12.0. The first-order valence-electron chi connectivity index (χ1n) is 9.61. The second kappa shape index (κ2) is 7.77. The predicted molar refractivity (Wildman–Crippen MR) is 101 cm³/mol. The van der Waals surface area contributed by atoms with Crippen LogP contribution in [-0.4, -0.2) is 37.0 Å². The highest BCUT2D eigenvalue weighted by atomic mass is 16.5. The summed E-state index contributed by atoms with van der Waals surface area (Å²) >= 11 is 0. The molecule has 25 heavy (non-hydrogen) atoms. The number of ether oxygens (including phenoxy) is 1. The number of carbonyl (C=O) groups is 1. The summed E-state index contributed by atoms with van der Waals surface area (Å²) < 4.78 is 5.16. The standard InChI is InChI=1S/C21H32N2O2/c1-21(2)11-8-18(14-21)23-12-9-17(10-13-23)20(24)22-15-16-4-6-19(25-3)7-5-16/h4-7,17-18H,8-15H2,1-3H3,(H,22,24). The van der Waals surface area contributed by atoms with E-state index in [4.69, 9.17) is 4.74 Å². The molecule has 3 rings (SSSR count). The maximum atomic E-state index is 12.5. The van der Waals surface area contributed by atoms with Gasteiger partial charge in [-0.3, -0.25) is 4.79 Å². The quantitative estimate of drug-likeness (QED) is 0.887. The fourth-order valence-corrected chi connectivity index (χ4v) is 4.31. The molecule has 1 aromatic rings. The molecule has 1 aliphatic carbocycles. The number of benzene rings is 1. The molecule has 0 spiro atoms. The summed E-state index contributed by atoms with van der Waals surface area (Å²) in [6.45, 7) is 7.50. The average molecular weight is 344 g/mol. The van der Waals surface area contributed by atoms with Gasteiger partial charge in [-0.2, -0.15) is 0 Å². The molecule has 1 N–H and O–H groups in total.